The number of ether oxygens (including phenoxy) is 1. The van der Waals surface area contributed by atoms with E-state index in [0.717, 1.165) is 43.9 Å². The van der Waals surface area contributed by atoms with Gasteiger partial charge >= 0.3 is 6.18 Å². The summed E-state index contributed by atoms with van der Waals surface area (Å²) in [4.78, 5) is 11.2. The van der Waals surface area contributed by atoms with Crippen LogP contribution in [-0.2, 0) is 6.18 Å². The van der Waals surface area contributed by atoms with Gasteiger partial charge in [-0.3, -0.25) is 0 Å². The van der Waals surface area contributed by atoms with Crippen molar-refractivity contribution in [3.63, 3.8) is 0 Å². The number of alkyl halides is 3. The molecule has 0 spiro atoms. The van der Waals surface area contributed by atoms with Gasteiger partial charge in [-0.2, -0.15) is 24.3 Å². The van der Waals surface area contributed by atoms with Crippen molar-refractivity contribution in [2.45, 2.75) is 25.1 Å². The summed E-state index contributed by atoms with van der Waals surface area (Å²) in [6.07, 6.45) is -1.14. The van der Waals surface area contributed by atoms with Gasteiger partial charge in [0.2, 0.25) is 0 Å². The number of piperidine rings is 1. The Labute approximate surface area is 165 Å². The van der Waals surface area contributed by atoms with Crippen LogP contribution in [0.5, 0.6) is 11.5 Å². The molecule has 2 N–H and O–H groups in total. The topological polar surface area (TPSA) is 84.4 Å². The van der Waals surface area contributed by atoms with Crippen molar-refractivity contribution >= 4 is 5.82 Å². The monoisotopic (exact) mass is 404 g/mol. The maximum atomic E-state index is 12.9. The van der Waals surface area contributed by atoms with Crippen LogP contribution in [-0.4, -0.2) is 24.2 Å². The molecule has 1 aliphatic carbocycles. The molecule has 9 heteroatoms. The van der Waals surface area contributed by atoms with Gasteiger partial charge in [-0.1, -0.05) is 0 Å². The lowest BCUT2D eigenvalue weighted by Gasteiger charge is -2.38. The van der Waals surface area contributed by atoms with Gasteiger partial charge in [0.05, 0.1) is 11.1 Å². The number of rotatable bonds is 4. The highest BCUT2D eigenvalue weighted by molar-refractivity contribution is 5.45. The number of anilines is 1. The molecular formula is C20H19F3N4O2. The zero-order valence-corrected chi connectivity index (χ0v) is 15.4. The van der Waals surface area contributed by atoms with Crippen molar-refractivity contribution in [3.05, 3.63) is 47.7 Å². The summed E-state index contributed by atoms with van der Waals surface area (Å²) in [7, 11) is 0. The average molecular weight is 404 g/mol. The van der Waals surface area contributed by atoms with Crippen molar-refractivity contribution in [1.82, 2.24) is 4.98 Å². The first-order valence-corrected chi connectivity index (χ1v) is 9.25. The van der Waals surface area contributed by atoms with E-state index in [1.165, 1.54) is 6.07 Å². The minimum absolute atomic E-state index is 0.129. The maximum Gasteiger partial charge on any atom is 0.416 e. The lowest BCUT2D eigenvalue weighted by Crippen LogP contribution is -2.47. The van der Waals surface area contributed by atoms with Crippen LogP contribution in [0, 0.1) is 23.2 Å². The van der Waals surface area contributed by atoms with E-state index in [0.29, 0.717) is 5.56 Å². The first-order valence-electron chi connectivity index (χ1n) is 9.25. The summed E-state index contributed by atoms with van der Waals surface area (Å²) in [5.41, 5.74) is -0.332. The van der Waals surface area contributed by atoms with Gasteiger partial charge in [0, 0.05) is 31.1 Å². The Bertz CT molecular complexity index is 913. The van der Waals surface area contributed by atoms with Crippen molar-refractivity contribution in [2.24, 2.45) is 17.7 Å². The van der Waals surface area contributed by atoms with Crippen LogP contribution in [0.4, 0.5) is 19.0 Å². The SMILES string of the molecule is N#Cc1ccc(N2C[C@H]3CC[C@@H](C2)C3Oc2ccc(C(F)(F)F)cc2ON)nc1. The van der Waals surface area contributed by atoms with Crippen LogP contribution < -0.4 is 20.4 Å². The molecule has 1 saturated heterocycles. The van der Waals surface area contributed by atoms with Gasteiger partial charge in [0.15, 0.2) is 11.5 Å². The Morgan fingerprint density at radius 1 is 1.10 bits per heavy atom. The molecule has 2 aromatic rings. The number of pyridine rings is 1. The summed E-state index contributed by atoms with van der Waals surface area (Å²) in [5, 5.41) is 8.91. The van der Waals surface area contributed by atoms with Crippen molar-refractivity contribution in [3.8, 4) is 17.6 Å². The fraction of sp³-hybridized carbons (Fsp3) is 0.400. The number of hydrogen-bond donors (Lipinski definition) is 1. The third-order valence-corrected chi connectivity index (χ3v) is 5.61. The van der Waals surface area contributed by atoms with Gasteiger partial charge < -0.3 is 14.5 Å². The number of hydrogen-bond acceptors (Lipinski definition) is 6. The molecule has 2 bridgehead atoms. The first-order chi connectivity index (χ1) is 13.9. The lowest BCUT2D eigenvalue weighted by molar-refractivity contribution is -0.137. The second-order valence-electron chi connectivity index (χ2n) is 7.38. The molecule has 6 nitrogen and oxygen atoms in total. The number of nitrogens with zero attached hydrogens (tertiary/aromatic N) is 3. The molecule has 1 saturated carbocycles. The normalized spacial score (nSPS) is 23.6. The first kappa shape index (κ1) is 19.3. The standard InChI is InChI=1S/C20H19F3N4O2/c21-20(22,23)15-4-5-16(17(7-15)29-25)28-19-13-2-3-14(19)11-27(10-13)18-6-1-12(8-24)9-26-18/h1,4-7,9,13-14,19H,2-3,10-11,25H2/t13-,14+,19?. The van der Waals surface area contributed by atoms with E-state index >= 15 is 0 Å². The Balaban J connectivity index is 1.50. The molecular weight excluding hydrogens is 385 g/mol. The number of nitriles is 1. The fourth-order valence-electron chi connectivity index (χ4n) is 4.21. The van der Waals surface area contributed by atoms with Crippen LogP contribution in [0.25, 0.3) is 0 Å². The molecule has 1 aromatic heterocycles. The quantitative estimate of drug-likeness (QED) is 0.785. The van der Waals surface area contributed by atoms with Crippen LogP contribution >= 0.6 is 0 Å². The van der Waals surface area contributed by atoms with Crippen molar-refractivity contribution < 1.29 is 22.7 Å². The van der Waals surface area contributed by atoms with E-state index in [2.05, 4.69) is 20.8 Å². The largest absolute Gasteiger partial charge is 0.486 e. The zero-order valence-electron chi connectivity index (χ0n) is 15.4. The number of fused-ring (bicyclic) bond motifs is 2. The molecule has 0 radical (unpaired) electrons. The third kappa shape index (κ3) is 3.80. The smallest absolute Gasteiger partial charge is 0.416 e. The second kappa shape index (κ2) is 7.44. The number of aromatic nitrogens is 1. The molecule has 4 rings (SSSR count). The second-order valence-corrected chi connectivity index (χ2v) is 7.38. The molecule has 1 unspecified atom stereocenters. The lowest BCUT2D eigenvalue weighted by atomic mass is 9.94. The minimum atomic E-state index is -4.48. The maximum absolute atomic E-state index is 12.9. The van der Waals surface area contributed by atoms with E-state index in [4.69, 9.17) is 15.9 Å². The summed E-state index contributed by atoms with van der Waals surface area (Å²) < 4.78 is 44.8. The van der Waals surface area contributed by atoms with E-state index in [-0.39, 0.29) is 29.4 Å². The van der Waals surface area contributed by atoms with Gasteiger partial charge in [0.1, 0.15) is 18.0 Å². The molecule has 2 fully saturated rings. The number of benzene rings is 1. The van der Waals surface area contributed by atoms with E-state index in [1.807, 2.05) is 6.07 Å². The van der Waals surface area contributed by atoms with Gasteiger partial charge in [-0.25, -0.2) is 4.98 Å². The highest BCUT2D eigenvalue weighted by atomic mass is 19.4. The highest BCUT2D eigenvalue weighted by Gasteiger charge is 2.44. The average Bonchev–Trinajstić information content (AvgIpc) is 2.94. The van der Waals surface area contributed by atoms with Crippen LogP contribution in [0.3, 0.4) is 0 Å². The Kier molecular flexibility index (Phi) is 4.96. The molecule has 29 heavy (non-hydrogen) atoms. The molecule has 1 aliphatic heterocycles. The molecule has 3 atom stereocenters. The van der Waals surface area contributed by atoms with E-state index < -0.39 is 11.7 Å². The summed E-state index contributed by atoms with van der Waals surface area (Å²) >= 11 is 0. The Hall–Kier alpha value is -2.99. The van der Waals surface area contributed by atoms with Crippen molar-refractivity contribution in [1.29, 1.82) is 5.26 Å². The van der Waals surface area contributed by atoms with Gasteiger partial charge in [0.25, 0.3) is 0 Å². The van der Waals surface area contributed by atoms with Crippen LogP contribution in [0.15, 0.2) is 36.5 Å². The van der Waals surface area contributed by atoms with E-state index in [1.54, 1.807) is 12.3 Å². The number of nitrogens with two attached hydrogens (primary N) is 1. The van der Waals surface area contributed by atoms with Crippen molar-refractivity contribution in [2.75, 3.05) is 18.0 Å². The number of halogens is 3. The molecule has 152 valence electrons. The van der Waals surface area contributed by atoms with Crippen LogP contribution in [0.2, 0.25) is 0 Å². The summed E-state index contributed by atoms with van der Waals surface area (Å²) in [6.45, 7) is 1.44. The minimum Gasteiger partial charge on any atom is -0.486 e. The third-order valence-electron chi connectivity index (χ3n) is 5.61. The highest BCUT2D eigenvalue weighted by Crippen LogP contribution is 2.43. The fourth-order valence-corrected chi connectivity index (χ4v) is 4.21. The predicted octanol–water partition coefficient (Wildman–Crippen LogP) is 3.52. The Morgan fingerprint density at radius 3 is 2.38 bits per heavy atom. The van der Waals surface area contributed by atoms with Gasteiger partial charge in [-0.15, -0.1) is 0 Å². The van der Waals surface area contributed by atoms with Gasteiger partial charge in [-0.05, 0) is 43.2 Å². The molecule has 2 heterocycles. The predicted molar refractivity (Wildman–Crippen MR) is 98.1 cm³/mol. The zero-order chi connectivity index (χ0) is 20.6. The Morgan fingerprint density at radius 2 is 1.83 bits per heavy atom. The molecule has 2 aliphatic rings. The molecule has 0 amide bonds. The summed E-state index contributed by atoms with van der Waals surface area (Å²) in [6, 6.07) is 8.70. The van der Waals surface area contributed by atoms with Crippen LogP contribution in [0.1, 0.15) is 24.0 Å². The van der Waals surface area contributed by atoms with E-state index in [9.17, 15) is 13.2 Å². The molecule has 1 aromatic carbocycles. The summed E-state index contributed by atoms with van der Waals surface area (Å²) in [5.74, 6) is 6.49.